The molecule has 1 amide bonds. The lowest BCUT2D eigenvalue weighted by Crippen LogP contribution is -2.47. The fourth-order valence-corrected chi connectivity index (χ4v) is 3.12. The molecule has 2 N–H and O–H groups in total. The number of carbonyl (C=O) groups excluding carboxylic acids is 1. The number of rotatable bonds is 6. The van der Waals surface area contributed by atoms with Gasteiger partial charge in [-0.15, -0.1) is 4.83 Å². The van der Waals surface area contributed by atoms with Crippen LogP contribution in [0.25, 0.3) is 0 Å². The molecule has 1 heterocycles. The van der Waals surface area contributed by atoms with Gasteiger partial charge in [-0.05, 0) is 31.2 Å². The van der Waals surface area contributed by atoms with Crippen molar-refractivity contribution >= 4 is 15.9 Å². The first-order valence-corrected chi connectivity index (χ1v) is 9.47. The highest BCUT2D eigenvalue weighted by molar-refractivity contribution is 7.89. The smallest absolute Gasteiger partial charge is 0.275 e. The predicted octanol–water partition coefficient (Wildman–Crippen LogP) is 1.37. The number of hydrogen-bond acceptors (Lipinski definition) is 6. The first-order chi connectivity index (χ1) is 12.9. The first-order valence-electron chi connectivity index (χ1n) is 7.99. The monoisotopic (exact) mass is 396 g/mol. The Morgan fingerprint density at radius 1 is 1.15 bits per heavy atom. The predicted molar refractivity (Wildman–Crippen MR) is 92.4 cm³/mol. The Kier molecular flexibility index (Phi) is 5.47. The maximum atomic E-state index is 13.6. The molecule has 0 bridgehead atoms. The van der Waals surface area contributed by atoms with Crippen LogP contribution in [-0.2, 0) is 14.8 Å². The van der Waals surface area contributed by atoms with E-state index in [9.17, 15) is 17.6 Å². The summed E-state index contributed by atoms with van der Waals surface area (Å²) in [5, 5.41) is 0. The molecule has 8 nitrogen and oxygen atoms in total. The van der Waals surface area contributed by atoms with Crippen molar-refractivity contribution in [3.05, 3.63) is 48.3 Å². The highest BCUT2D eigenvalue weighted by atomic mass is 32.2. The summed E-state index contributed by atoms with van der Waals surface area (Å²) in [6.45, 7) is 2.05. The second-order valence-electron chi connectivity index (χ2n) is 5.59. The van der Waals surface area contributed by atoms with Gasteiger partial charge in [0.25, 0.3) is 15.9 Å². The molecule has 3 rings (SSSR count). The number of carbonyl (C=O) groups is 1. The van der Waals surface area contributed by atoms with Gasteiger partial charge in [0, 0.05) is 6.07 Å². The SMILES string of the molecule is C[C@@H](Oc1ccccc1F)C(=O)NNS(=O)(=O)c1ccc2c(c1)OCCO2. The van der Waals surface area contributed by atoms with Crippen LogP contribution in [-0.4, -0.2) is 33.6 Å². The number of nitrogens with one attached hydrogen (secondary N) is 2. The summed E-state index contributed by atoms with van der Waals surface area (Å²) >= 11 is 0. The van der Waals surface area contributed by atoms with Crippen molar-refractivity contribution in [2.75, 3.05) is 13.2 Å². The van der Waals surface area contributed by atoms with E-state index in [1.165, 1.54) is 43.3 Å². The Balaban J connectivity index is 1.63. The van der Waals surface area contributed by atoms with E-state index in [-0.39, 0.29) is 10.6 Å². The number of hydrazine groups is 1. The van der Waals surface area contributed by atoms with Gasteiger partial charge in [-0.2, -0.15) is 0 Å². The number of para-hydroxylation sites is 1. The van der Waals surface area contributed by atoms with Crippen molar-refractivity contribution in [1.29, 1.82) is 0 Å². The van der Waals surface area contributed by atoms with Crippen molar-refractivity contribution in [3.63, 3.8) is 0 Å². The number of amides is 1. The van der Waals surface area contributed by atoms with Gasteiger partial charge in [0.2, 0.25) is 0 Å². The Hall–Kier alpha value is -2.85. The van der Waals surface area contributed by atoms with Crippen LogP contribution in [0.1, 0.15) is 6.92 Å². The van der Waals surface area contributed by atoms with E-state index in [1.54, 1.807) is 6.07 Å². The Labute approximate surface area is 155 Å². The highest BCUT2D eigenvalue weighted by Crippen LogP contribution is 2.32. The molecule has 0 saturated carbocycles. The van der Waals surface area contributed by atoms with Crippen molar-refractivity contribution < 1.29 is 31.8 Å². The van der Waals surface area contributed by atoms with Gasteiger partial charge in [0.1, 0.15) is 13.2 Å². The van der Waals surface area contributed by atoms with Crippen molar-refractivity contribution in [2.24, 2.45) is 0 Å². The molecule has 0 spiro atoms. The first kappa shape index (κ1) is 18.9. The molecule has 2 aromatic carbocycles. The summed E-state index contributed by atoms with van der Waals surface area (Å²) in [5.74, 6) is -0.800. The molecule has 0 aromatic heterocycles. The van der Waals surface area contributed by atoms with Gasteiger partial charge in [0.05, 0.1) is 4.90 Å². The third-order valence-electron chi connectivity index (χ3n) is 3.64. The molecule has 0 saturated heterocycles. The number of sulfonamides is 1. The lowest BCUT2D eigenvalue weighted by molar-refractivity contribution is -0.127. The van der Waals surface area contributed by atoms with E-state index < -0.39 is 27.9 Å². The Bertz CT molecular complexity index is 950. The van der Waals surface area contributed by atoms with Gasteiger partial charge >= 0.3 is 0 Å². The zero-order chi connectivity index (χ0) is 19.4. The summed E-state index contributed by atoms with van der Waals surface area (Å²) in [5.41, 5.74) is 2.04. The Morgan fingerprint density at radius 3 is 2.59 bits per heavy atom. The third-order valence-corrected chi connectivity index (χ3v) is 4.89. The van der Waals surface area contributed by atoms with E-state index >= 15 is 0 Å². The van der Waals surface area contributed by atoms with Crippen LogP contribution in [0.2, 0.25) is 0 Å². The zero-order valence-electron chi connectivity index (χ0n) is 14.3. The van der Waals surface area contributed by atoms with Gasteiger partial charge in [-0.3, -0.25) is 10.2 Å². The van der Waals surface area contributed by atoms with Crippen LogP contribution in [0.4, 0.5) is 4.39 Å². The average molecular weight is 396 g/mol. The lowest BCUT2D eigenvalue weighted by atomic mass is 10.3. The van der Waals surface area contributed by atoms with Crippen molar-refractivity contribution in [2.45, 2.75) is 17.9 Å². The lowest BCUT2D eigenvalue weighted by Gasteiger charge is -2.19. The molecule has 1 atom stereocenters. The number of halogens is 1. The van der Waals surface area contributed by atoms with Crippen molar-refractivity contribution in [3.8, 4) is 17.2 Å². The van der Waals surface area contributed by atoms with E-state index in [0.717, 1.165) is 0 Å². The van der Waals surface area contributed by atoms with Crippen LogP contribution in [0.5, 0.6) is 17.2 Å². The van der Waals surface area contributed by atoms with E-state index in [2.05, 4.69) is 0 Å². The van der Waals surface area contributed by atoms with Gasteiger partial charge in [-0.1, -0.05) is 12.1 Å². The van der Waals surface area contributed by atoms with E-state index in [4.69, 9.17) is 14.2 Å². The molecule has 10 heteroatoms. The molecule has 2 aromatic rings. The maximum Gasteiger partial charge on any atom is 0.275 e. The van der Waals surface area contributed by atoms with Gasteiger partial charge in [0.15, 0.2) is 29.2 Å². The molecule has 0 aliphatic carbocycles. The molecule has 1 aliphatic heterocycles. The molecule has 0 radical (unpaired) electrons. The number of fused-ring (bicyclic) bond motifs is 1. The summed E-state index contributed by atoms with van der Waals surface area (Å²) in [4.78, 5) is 13.9. The van der Waals surface area contributed by atoms with Crippen LogP contribution >= 0.6 is 0 Å². The van der Waals surface area contributed by atoms with Crippen LogP contribution in [0.15, 0.2) is 47.4 Å². The minimum atomic E-state index is -4.05. The molecular formula is C17H17FN2O6S. The third kappa shape index (κ3) is 4.47. The highest BCUT2D eigenvalue weighted by Gasteiger charge is 2.22. The fourth-order valence-electron chi connectivity index (χ4n) is 2.25. The number of hydrogen-bond donors (Lipinski definition) is 2. The number of ether oxygens (including phenoxy) is 3. The van der Waals surface area contributed by atoms with E-state index in [1.807, 2.05) is 10.3 Å². The summed E-state index contributed by atoms with van der Waals surface area (Å²) in [6.07, 6.45) is -1.13. The largest absolute Gasteiger partial charge is 0.486 e. The molecule has 1 aliphatic rings. The standard InChI is InChI=1S/C17H17FN2O6S/c1-11(26-14-5-3-2-4-13(14)18)17(21)19-20-27(22,23)12-6-7-15-16(10-12)25-9-8-24-15/h2-7,10-11,20H,8-9H2,1H3,(H,19,21)/t11-/m1/s1. The molecule has 0 fully saturated rings. The van der Waals surface area contributed by atoms with Gasteiger partial charge in [-0.25, -0.2) is 12.8 Å². The zero-order valence-corrected chi connectivity index (χ0v) is 15.1. The quantitative estimate of drug-likeness (QED) is 0.715. The van der Waals surface area contributed by atoms with Crippen molar-refractivity contribution in [1.82, 2.24) is 10.3 Å². The van der Waals surface area contributed by atoms with Crippen LogP contribution in [0, 0.1) is 5.82 Å². The van der Waals surface area contributed by atoms with E-state index in [0.29, 0.717) is 24.7 Å². The second-order valence-corrected chi connectivity index (χ2v) is 7.27. The molecular weight excluding hydrogens is 379 g/mol. The minimum absolute atomic E-state index is 0.116. The maximum absolute atomic E-state index is 13.6. The normalized spacial score (nSPS) is 14.3. The second kappa shape index (κ2) is 7.80. The van der Waals surface area contributed by atoms with Gasteiger partial charge < -0.3 is 14.2 Å². The average Bonchev–Trinajstić information content (AvgIpc) is 2.67. The molecule has 0 unspecified atom stereocenters. The Morgan fingerprint density at radius 2 is 1.85 bits per heavy atom. The van der Waals surface area contributed by atoms with Crippen LogP contribution < -0.4 is 24.5 Å². The summed E-state index contributed by atoms with van der Waals surface area (Å²) in [6, 6.07) is 9.66. The molecule has 144 valence electrons. The molecule has 27 heavy (non-hydrogen) atoms. The number of benzene rings is 2. The fraction of sp³-hybridized carbons (Fsp3) is 0.235. The topological polar surface area (TPSA) is 103 Å². The summed E-state index contributed by atoms with van der Waals surface area (Å²) in [7, 11) is -4.05. The van der Waals surface area contributed by atoms with Crippen LogP contribution in [0.3, 0.4) is 0 Å². The summed E-state index contributed by atoms with van der Waals surface area (Å²) < 4.78 is 54.1. The minimum Gasteiger partial charge on any atom is -0.486 e.